The molecule has 2 fully saturated rings. The molecule has 4 unspecified atom stereocenters. The van der Waals surface area contributed by atoms with E-state index in [4.69, 9.17) is 0 Å². The van der Waals surface area contributed by atoms with Gasteiger partial charge in [-0.05, 0) is 29.6 Å². The van der Waals surface area contributed by atoms with Gasteiger partial charge in [0.25, 0.3) is 0 Å². The molecule has 0 aliphatic heterocycles. The minimum atomic E-state index is 0.814. The summed E-state index contributed by atoms with van der Waals surface area (Å²) in [5.74, 6) is 3.28. The van der Waals surface area contributed by atoms with Gasteiger partial charge in [0.1, 0.15) is 0 Å². The fraction of sp³-hybridized carbons (Fsp3) is 1.00. The van der Waals surface area contributed by atoms with Gasteiger partial charge in [-0.15, -0.1) is 0 Å². The highest BCUT2D eigenvalue weighted by Crippen LogP contribution is 2.75. The first-order valence-corrected chi connectivity index (χ1v) is 4.21. The van der Waals surface area contributed by atoms with E-state index in [0.717, 1.165) is 23.2 Å². The van der Waals surface area contributed by atoms with Gasteiger partial charge in [-0.3, -0.25) is 0 Å². The molecule has 0 aromatic heterocycles. The predicted molar refractivity (Wildman–Crippen MR) is 39.2 cm³/mol. The van der Waals surface area contributed by atoms with Gasteiger partial charge in [0, 0.05) is 0 Å². The van der Waals surface area contributed by atoms with E-state index < -0.39 is 0 Å². The Morgan fingerprint density at radius 1 is 1.56 bits per heavy atom. The third-order valence-electron chi connectivity index (χ3n) is 4.08. The summed E-state index contributed by atoms with van der Waals surface area (Å²) in [6.45, 7) is 7.22. The monoisotopic (exact) mass is 124 g/mol. The number of fused-ring (bicyclic) bond motifs is 1. The molecule has 0 aromatic rings. The minimum absolute atomic E-state index is 0.814. The Kier molecular flexibility index (Phi) is 0.868. The maximum Gasteiger partial charge on any atom is -0.0238 e. The van der Waals surface area contributed by atoms with Crippen LogP contribution in [0.15, 0.2) is 0 Å². The molecule has 2 saturated carbocycles. The molecule has 2 rings (SSSR count). The number of hydrogen-bond donors (Lipinski definition) is 0. The standard InChI is InChI=1S/C9H16/c1-4-7-8-5-6(2)9(7,8)3/h6-8H,4-5H2,1-3H3. The van der Waals surface area contributed by atoms with Gasteiger partial charge in [0.2, 0.25) is 0 Å². The van der Waals surface area contributed by atoms with Crippen molar-refractivity contribution in [1.29, 1.82) is 0 Å². The molecule has 0 spiro atoms. The van der Waals surface area contributed by atoms with E-state index in [9.17, 15) is 0 Å². The Morgan fingerprint density at radius 2 is 2.22 bits per heavy atom. The summed E-state index contributed by atoms with van der Waals surface area (Å²) in [5.41, 5.74) is 0.814. The molecule has 9 heavy (non-hydrogen) atoms. The van der Waals surface area contributed by atoms with Crippen LogP contribution in [0.5, 0.6) is 0 Å². The van der Waals surface area contributed by atoms with Crippen LogP contribution in [0.1, 0.15) is 33.6 Å². The van der Waals surface area contributed by atoms with Crippen molar-refractivity contribution in [1.82, 2.24) is 0 Å². The van der Waals surface area contributed by atoms with E-state index >= 15 is 0 Å². The molecule has 0 bridgehead atoms. The first kappa shape index (κ1) is 5.76. The van der Waals surface area contributed by atoms with Crippen molar-refractivity contribution in [2.45, 2.75) is 33.6 Å². The second kappa shape index (κ2) is 1.36. The molecule has 2 aliphatic carbocycles. The average Bonchev–Trinajstić information content (AvgIpc) is 2.33. The van der Waals surface area contributed by atoms with E-state index in [-0.39, 0.29) is 0 Å². The van der Waals surface area contributed by atoms with Crippen molar-refractivity contribution in [3.63, 3.8) is 0 Å². The van der Waals surface area contributed by atoms with Crippen LogP contribution in [0.2, 0.25) is 0 Å². The van der Waals surface area contributed by atoms with Crippen molar-refractivity contribution in [2.24, 2.45) is 23.2 Å². The van der Waals surface area contributed by atoms with Crippen molar-refractivity contribution in [2.75, 3.05) is 0 Å². The van der Waals surface area contributed by atoms with E-state index in [1.807, 2.05) is 0 Å². The molecule has 4 atom stereocenters. The van der Waals surface area contributed by atoms with Crippen molar-refractivity contribution >= 4 is 0 Å². The Morgan fingerprint density at radius 3 is 2.33 bits per heavy atom. The fourth-order valence-corrected chi connectivity index (χ4v) is 3.07. The zero-order chi connectivity index (χ0) is 6.65. The smallest absolute Gasteiger partial charge is 0.0238 e. The normalized spacial score (nSPS) is 62.3. The van der Waals surface area contributed by atoms with E-state index in [1.165, 1.54) is 12.8 Å². The zero-order valence-electron chi connectivity index (χ0n) is 6.65. The summed E-state index contributed by atoms with van der Waals surface area (Å²) in [5, 5.41) is 0. The second-order valence-electron chi connectivity index (χ2n) is 4.12. The Bertz CT molecular complexity index is 139. The molecule has 0 nitrogen and oxygen atoms in total. The molecule has 2 aliphatic rings. The van der Waals surface area contributed by atoms with Gasteiger partial charge in [0.15, 0.2) is 0 Å². The molecule has 0 saturated heterocycles. The molecular weight excluding hydrogens is 108 g/mol. The quantitative estimate of drug-likeness (QED) is 0.504. The summed E-state index contributed by atoms with van der Waals surface area (Å²) in [4.78, 5) is 0. The van der Waals surface area contributed by atoms with Crippen LogP contribution in [0, 0.1) is 23.2 Å². The Labute approximate surface area is 57.6 Å². The summed E-state index contributed by atoms with van der Waals surface area (Å²) < 4.78 is 0. The SMILES string of the molecule is CCC1C2CC(C)C12C. The number of hydrogen-bond acceptors (Lipinski definition) is 0. The average molecular weight is 124 g/mol. The minimum Gasteiger partial charge on any atom is -0.0651 e. The molecule has 0 heteroatoms. The van der Waals surface area contributed by atoms with Crippen LogP contribution in [-0.2, 0) is 0 Å². The Balaban J connectivity index is 2.08. The first-order valence-electron chi connectivity index (χ1n) is 4.21. The van der Waals surface area contributed by atoms with Gasteiger partial charge in [-0.25, -0.2) is 0 Å². The highest BCUT2D eigenvalue weighted by atomic mass is 14.7. The lowest BCUT2D eigenvalue weighted by Crippen LogP contribution is -2.22. The van der Waals surface area contributed by atoms with E-state index in [1.54, 1.807) is 0 Å². The lowest BCUT2D eigenvalue weighted by atomic mass is 9.75. The van der Waals surface area contributed by atoms with Crippen LogP contribution in [-0.4, -0.2) is 0 Å². The van der Waals surface area contributed by atoms with Crippen molar-refractivity contribution in [3.8, 4) is 0 Å². The van der Waals surface area contributed by atoms with Crippen LogP contribution in [0.25, 0.3) is 0 Å². The third kappa shape index (κ3) is 0.426. The van der Waals surface area contributed by atoms with Gasteiger partial charge in [-0.2, -0.15) is 0 Å². The van der Waals surface area contributed by atoms with E-state index in [2.05, 4.69) is 20.8 Å². The molecule has 0 N–H and O–H groups in total. The molecule has 0 amide bonds. The molecule has 0 heterocycles. The lowest BCUT2D eigenvalue weighted by molar-refractivity contribution is 0.195. The van der Waals surface area contributed by atoms with Crippen molar-refractivity contribution < 1.29 is 0 Å². The Hall–Kier alpha value is 0. The maximum atomic E-state index is 2.47. The predicted octanol–water partition coefficient (Wildman–Crippen LogP) is 2.69. The molecule has 0 radical (unpaired) electrons. The summed E-state index contributed by atoms with van der Waals surface area (Å²) >= 11 is 0. The van der Waals surface area contributed by atoms with Gasteiger partial charge in [-0.1, -0.05) is 27.2 Å². The topological polar surface area (TPSA) is 0 Å². The molecule has 52 valence electrons. The van der Waals surface area contributed by atoms with Gasteiger partial charge in [0.05, 0.1) is 0 Å². The highest BCUT2D eigenvalue weighted by molar-refractivity contribution is 5.17. The largest absolute Gasteiger partial charge is 0.0651 e. The third-order valence-corrected chi connectivity index (χ3v) is 4.08. The zero-order valence-corrected chi connectivity index (χ0v) is 6.65. The lowest BCUT2D eigenvalue weighted by Gasteiger charge is -2.29. The molecular formula is C9H16. The molecule has 0 aromatic carbocycles. The van der Waals surface area contributed by atoms with Crippen LogP contribution >= 0.6 is 0 Å². The maximum absolute atomic E-state index is 2.47. The van der Waals surface area contributed by atoms with Crippen molar-refractivity contribution in [3.05, 3.63) is 0 Å². The van der Waals surface area contributed by atoms with E-state index in [0.29, 0.717) is 0 Å². The summed E-state index contributed by atoms with van der Waals surface area (Å²) in [6.07, 6.45) is 2.94. The van der Waals surface area contributed by atoms with Gasteiger partial charge >= 0.3 is 0 Å². The fourth-order valence-electron chi connectivity index (χ4n) is 3.07. The second-order valence-corrected chi connectivity index (χ2v) is 4.12. The van der Waals surface area contributed by atoms with Gasteiger partial charge < -0.3 is 0 Å². The highest BCUT2D eigenvalue weighted by Gasteiger charge is 2.69. The van der Waals surface area contributed by atoms with Crippen LogP contribution in [0.4, 0.5) is 0 Å². The van der Waals surface area contributed by atoms with Crippen LogP contribution < -0.4 is 0 Å². The van der Waals surface area contributed by atoms with Crippen LogP contribution in [0.3, 0.4) is 0 Å². The number of rotatable bonds is 1. The summed E-state index contributed by atoms with van der Waals surface area (Å²) in [7, 11) is 0. The summed E-state index contributed by atoms with van der Waals surface area (Å²) in [6, 6.07) is 0. The first-order chi connectivity index (χ1) is 4.21.